The van der Waals surface area contributed by atoms with Gasteiger partial charge in [-0.25, -0.2) is 4.39 Å². The molecule has 0 saturated carbocycles. The van der Waals surface area contributed by atoms with Crippen LogP contribution < -0.4 is 5.32 Å². The van der Waals surface area contributed by atoms with E-state index < -0.39 is 11.7 Å². The van der Waals surface area contributed by atoms with Gasteiger partial charge in [0.2, 0.25) is 5.82 Å². The topological polar surface area (TPSA) is 93.3 Å². The summed E-state index contributed by atoms with van der Waals surface area (Å²) in [7, 11) is 0. The number of aryl methyl sites for hydroxylation is 1. The predicted octanol–water partition coefficient (Wildman–Crippen LogP) is 2.52. The van der Waals surface area contributed by atoms with Gasteiger partial charge in [0.25, 0.3) is 11.8 Å². The molecule has 2 atom stereocenters. The average molecular weight is 409 g/mol. The molecule has 8 nitrogen and oxygen atoms in total. The van der Waals surface area contributed by atoms with Crippen molar-refractivity contribution >= 4 is 17.5 Å². The van der Waals surface area contributed by atoms with Crippen LogP contribution in [0.1, 0.15) is 32.6 Å². The number of hydrogen-bond acceptors (Lipinski definition) is 5. The van der Waals surface area contributed by atoms with Crippen molar-refractivity contribution in [2.75, 3.05) is 18.4 Å². The standard InChI is InChI=1S/C21H20FN5O3/c1-12-17(5-6-30-12)21(29)26-9-13-7-18-24-25-19(27(18)11-14(13)10-26)20(28)23-16-4-2-3-15(22)8-16/h2-6,8,13-14H,7,9-11H2,1H3,(H,23,28)/t13-,14+/m0/s1. The highest BCUT2D eigenvalue weighted by molar-refractivity contribution is 6.01. The first-order valence-electron chi connectivity index (χ1n) is 9.82. The molecule has 3 aromatic rings. The van der Waals surface area contributed by atoms with Gasteiger partial charge >= 0.3 is 0 Å². The minimum Gasteiger partial charge on any atom is -0.469 e. The molecule has 9 heteroatoms. The van der Waals surface area contributed by atoms with Crippen LogP contribution in [-0.2, 0) is 13.0 Å². The number of fused-ring (bicyclic) bond motifs is 2. The summed E-state index contributed by atoms with van der Waals surface area (Å²) in [5.74, 6) is 1.14. The molecule has 5 rings (SSSR count). The van der Waals surface area contributed by atoms with Crippen LogP contribution in [0.25, 0.3) is 0 Å². The second-order valence-electron chi connectivity index (χ2n) is 7.84. The second kappa shape index (κ2) is 7.08. The van der Waals surface area contributed by atoms with E-state index in [2.05, 4.69) is 15.5 Å². The van der Waals surface area contributed by atoms with E-state index in [9.17, 15) is 14.0 Å². The minimum atomic E-state index is -0.433. The van der Waals surface area contributed by atoms with Crippen LogP contribution >= 0.6 is 0 Å². The number of halogens is 1. The smallest absolute Gasteiger partial charge is 0.293 e. The molecule has 2 aromatic heterocycles. The van der Waals surface area contributed by atoms with Crippen molar-refractivity contribution in [1.29, 1.82) is 0 Å². The quantitative estimate of drug-likeness (QED) is 0.718. The molecule has 0 radical (unpaired) electrons. The van der Waals surface area contributed by atoms with Crippen molar-refractivity contribution in [2.24, 2.45) is 11.8 Å². The Kier molecular flexibility index (Phi) is 4.38. The van der Waals surface area contributed by atoms with E-state index in [0.29, 0.717) is 43.1 Å². The lowest BCUT2D eigenvalue weighted by Crippen LogP contribution is -2.31. The number of amides is 2. The lowest BCUT2D eigenvalue weighted by molar-refractivity contribution is 0.0781. The van der Waals surface area contributed by atoms with E-state index >= 15 is 0 Å². The SMILES string of the molecule is Cc1occc1C(=O)N1C[C@@H]2Cn3c(nnc3C(=O)Nc3cccc(F)c3)C[C@H]2C1. The van der Waals surface area contributed by atoms with Gasteiger partial charge in [0.05, 0.1) is 11.8 Å². The van der Waals surface area contributed by atoms with Gasteiger partial charge in [0.1, 0.15) is 17.4 Å². The maximum absolute atomic E-state index is 13.4. The number of nitrogens with zero attached hydrogens (tertiary/aromatic N) is 4. The van der Waals surface area contributed by atoms with Crippen LogP contribution in [0.15, 0.2) is 41.0 Å². The lowest BCUT2D eigenvalue weighted by Gasteiger charge is -2.25. The Hall–Kier alpha value is -3.49. The predicted molar refractivity (Wildman–Crippen MR) is 104 cm³/mol. The second-order valence-corrected chi connectivity index (χ2v) is 7.84. The molecular weight excluding hydrogens is 389 g/mol. The van der Waals surface area contributed by atoms with Crippen LogP contribution in [0.4, 0.5) is 10.1 Å². The van der Waals surface area contributed by atoms with E-state index in [-0.39, 0.29) is 23.6 Å². The van der Waals surface area contributed by atoms with Gasteiger partial charge < -0.3 is 19.2 Å². The maximum atomic E-state index is 13.4. The molecule has 30 heavy (non-hydrogen) atoms. The molecule has 0 aliphatic carbocycles. The summed E-state index contributed by atoms with van der Waals surface area (Å²) in [6.45, 7) is 3.59. The molecule has 0 bridgehead atoms. The van der Waals surface area contributed by atoms with Crippen LogP contribution in [0, 0.1) is 24.6 Å². The van der Waals surface area contributed by atoms with Crippen molar-refractivity contribution in [3.63, 3.8) is 0 Å². The monoisotopic (exact) mass is 409 g/mol. The molecule has 154 valence electrons. The molecule has 1 saturated heterocycles. The first-order chi connectivity index (χ1) is 14.5. The van der Waals surface area contributed by atoms with E-state index in [1.54, 1.807) is 19.1 Å². The van der Waals surface area contributed by atoms with Gasteiger partial charge in [0, 0.05) is 31.7 Å². The molecule has 0 spiro atoms. The summed E-state index contributed by atoms with van der Waals surface area (Å²) >= 11 is 0. The van der Waals surface area contributed by atoms with E-state index in [1.165, 1.54) is 24.5 Å². The minimum absolute atomic E-state index is 0.0320. The van der Waals surface area contributed by atoms with Gasteiger partial charge in [-0.05, 0) is 43.0 Å². The fourth-order valence-corrected chi connectivity index (χ4v) is 4.39. The van der Waals surface area contributed by atoms with Crippen LogP contribution in [0.2, 0.25) is 0 Å². The number of carbonyl (C=O) groups is 2. The van der Waals surface area contributed by atoms with Gasteiger partial charge in [-0.1, -0.05) is 6.07 Å². The number of benzene rings is 1. The summed E-state index contributed by atoms with van der Waals surface area (Å²) in [4.78, 5) is 27.4. The highest BCUT2D eigenvalue weighted by Gasteiger charge is 2.41. The Balaban J connectivity index is 1.32. The fraction of sp³-hybridized carbons (Fsp3) is 0.333. The van der Waals surface area contributed by atoms with E-state index in [4.69, 9.17) is 4.42 Å². The zero-order valence-corrected chi connectivity index (χ0v) is 16.3. The number of carbonyl (C=O) groups excluding carboxylic acids is 2. The van der Waals surface area contributed by atoms with E-state index in [0.717, 1.165) is 5.82 Å². The van der Waals surface area contributed by atoms with Crippen LogP contribution in [-0.4, -0.2) is 44.6 Å². The van der Waals surface area contributed by atoms with Crippen molar-refractivity contribution < 1.29 is 18.4 Å². The summed E-state index contributed by atoms with van der Waals surface area (Å²) in [5.41, 5.74) is 0.947. The Bertz CT molecular complexity index is 1140. The number of nitrogens with one attached hydrogen (secondary N) is 1. The number of aromatic nitrogens is 3. The molecule has 2 aliphatic heterocycles. The maximum Gasteiger partial charge on any atom is 0.293 e. The Labute approximate surface area is 171 Å². The van der Waals surface area contributed by atoms with Gasteiger partial charge in [-0.3, -0.25) is 9.59 Å². The number of anilines is 1. The first kappa shape index (κ1) is 18.5. The third-order valence-corrected chi connectivity index (χ3v) is 5.93. The number of hydrogen-bond donors (Lipinski definition) is 1. The number of rotatable bonds is 3. The molecule has 2 amide bonds. The molecule has 2 aliphatic rings. The highest BCUT2D eigenvalue weighted by atomic mass is 19.1. The zero-order chi connectivity index (χ0) is 20.8. The Morgan fingerprint density at radius 2 is 2.00 bits per heavy atom. The molecule has 1 aromatic carbocycles. The van der Waals surface area contributed by atoms with Crippen molar-refractivity contribution in [2.45, 2.75) is 19.9 Å². The third kappa shape index (κ3) is 3.16. The number of likely N-dealkylation sites (tertiary alicyclic amines) is 1. The normalized spacial score (nSPS) is 20.0. The Morgan fingerprint density at radius 3 is 2.77 bits per heavy atom. The summed E-state index contributed by atoms with van der Waals surface area (Å²) in [6, 6.07) is 7.40. The molecular formula is C21H20FN5O3. The molecule has 1 N–H and O–H groups in total. The summed E-state index contributed by atoms with van der Waals surface area (Å²) in [6.07, 6.45) is 2.18. The summed E-state index contributed by atoms with van der Waals surface area (Å²) < 4.78 is 20.5. The first-order valence-corrected chi connectivity index (χ1v) is 9.82. The molecule has 4 heterocycles. The molecule has 1 fully saturated rings. The lowest BCUT2D eigenvalue weighted by atomic mass is 9.89. The fourth-order valence-electron chi connectivity index (χ4n) is 4.39. The molecule has 0 unspecified atom stereocenters. The van der Waals surface area contributed by atoms with Crippen LogP contribution in [0.5, 0.6) is 0 Å². The van der Waals surface area contributed by atoms with E-state index in [1.807, 2.05) is 9.47 Å². The highest BCUT2D eigenvalue weighted by Crippen LogP contribution is 2.33. The largest absolute Gasteiger partial charge is 0.469 e. The van der Waals surface area contributed by atoms with Crippen molar-refractivity contribution in [3.05, 3.63) is 65.4 Å². The zero-order valence-electron chi connectivity index (χ0n) is 16.3. The third-order valence-electron chi connectivity index (χ3n) is 5.93. The van der Waals surface area contributed by atoms with Gasteiger partial charge in [-0.15, -0.1) is 10.2 Å². The van der Waals surface area contributed by atoms with Crippen molar-refractivity contribution in [3.8, 4) is 0 Å². The Morgan fingerprint density at radius 1 is 1.17 bits per heavy atom. The number of furan rings is 1. The van der Waals surface area contributed by atoms with Gasteiger partial charge in [0.15, 0.2) is 0 Å². The van der Waals surface area contributed by atoms with Crippen LogP contribution in [0.3, 0.4) is 0 Å². The summed E-state index contributed by atoms with van der Waals surface area (Å²) in [5, 5.41) is 10.9. The average Bonchev–Trinajstić information content (AvgIpc) is 3.43. The van der Waals surface area contributed by atoms with Gasteiger partial charge in [-0.2, -0.15) is 0 Å². The van der Waals surface area contributed by atoms with Crippen molar-refractivity contribution in [1.82, 2.24) is 19.7 Å².